The molecule has 1 aliphatic heterocycles. The molecule has 8 heteroatoms. The van der Waals surface area contributed by atoms with Crippen LogP contribution in [0.3, 0.4) is 0 Å². The van der Waals surface area contributed by atoms with Crippen molar-refractivity contribution in [2.75, 3.05) is 31.1 Å². The number of hydrogen-bond donors (Lipinski definition) is 1. The molecule has 1 N–H and O–H groups in total. The van der Waals surface area contributed by atoms with Crippen LogP contribution in [-0.2, 0) is 19.6 Å². The Morgan fingerprint density at radius 3 is 2.04 bits per heavy atom. The van der Waals surface area contributed by atoms with E-state index in [-0.39, 0.29) is 10.8 Å². The van der Waals surface area contributed by atoms with Crippen molar-refractivity contribution in [1.29, 1.82) is 0 Å². The average molecular weight is 353 g/mol. The fraction of sp³-hybridized carbons (Fsp3) is 0.500. The highest BCUT2D eigenvalue weighted by molar-refractivity contribution is 7.90. The van der Waals surface area contributed by atoms with Gasteiger partial charge in [-0.3, -0.25) is 9.59 Å². The van der Waals surface area contributed by atoms with Crippen LogP contribution in [0.25, 0.3) is 0 Å². The monoisotopic (exact) mass is 353 g/mol. The van der Waals surface area contributed by atoms with E-state index in [1.807, 2.05) is 0 Å². The summed E-state index contributed by atoms with van der Waals surface area (Å²) in [6, 6.07) is 6.42. The maximum Gasteiger partial charge on any atom is 0.264 e. The van der Waals surface area contributed by atoms with Crippen molar-refractivity contribution in [1.82, 2.24) is 9.62 Å². The van der Waals surface area contributed by atoms with Gasteiger partial charge < -0.3 is 9.80 Å². The number of sulfonamides is 1. The van der Waals surface area contributed by atoms with E-state index in [9.17, 15) is 18.0 Å². The molecule has 1 aromatic carbocycles. The summed E-state index contributed by atoms with van der Waals surface area (Å²) in [5, 5.41) is 0. The summed E-state index contributed by atoms with van der Waals surface area (Å²) in [7, 11) is -3.84. The van der Waals surface area contributed by atoms with Crippen LogP contribution in [0.4, 0.5) is 5.69 Å². The predicted molar refractivity (Wildman–Crippen MR) is 91.1 cm³/mol. The van der Waals surface area contributed by atoms with Gasteiger partial charge in [0.05, 0.1) is 4.90 Å². The summed E-state index contributed by atoms with van der Waals surface area (Å²) in [5.74, 6) is -0.868. The Bertz CT molecular complexity index is 705. The summed E-state index contributed by atoms with van der Waals surface area (Å²) in [4.78, 5) is 26.9. The quantitative estimate of drug-likeness (QED) is 0.866. The molecule has 1 aromatic rings. The Morgan fingerprint density at radius 2 is 1.58 bits per heavy atom. The van der Waals surface area contributed by atoms with Crippen molar-refractivity contribution in [3.63, 3.8) is 0 Å². The van der Waals surface area contributed by atoms with Crippen LogP contribution in [-0.4, -0.2) is 51.3 Å². The minimum atomic E-state index is -3.84. The largest absolute Gasteiger partial charge is 0.368 e. The molecule has 0 bridgehead atoms. The zero-order valence-corrected chi connectivity index (χ0v) is 15.0. The number of hydrogen-bond acceptors (Lipinski definition) is 5. The first-order valence-electron chi connectivity index (χ1n) is 7.88. The molecular formula is C16H23N3O4S. The van der Waals surface area contributed by atoms with Gasteiger partial charge in [0.2, 0.25) is 11.8 Å². The standard InChI is InChI=1S/C16H23N3O4S/c1-12(2)16(21)17-24(22,23)15-6-4-14(5-7-15)19-10-8-18(9-11-19)13(3)20/h4-7,12H,8-11H2,1-3H3,(H,17,21). The topological polar surface area (TPSA) is 86.8 Å². The molecule has 2 amide bonds. The molecule has 1 aliphatic rings. The third-order valence-corrected chi connectivity index (χ3v) is 5.36. The van der Waals surface area contributed by atoms with Gasteiger partial charge in [-0.05, 0) is 24.3 Å². The van der Waals surface area contributed by atoms with Crippen molar-refractivity contribution < 1.29 is 18.0 Å². The second-order valence-corrected chi connectivity index (χ2v) is 7.79. The molecule has 0 aliphatic carbocycles. The smallest absolute Gasteiger partial charge is 0.264 e. The minimum absolute atomic E-state index is 0.0580. The fourth-order valence-electron chi connectivity index (χ4n) is 2.42. The zero-order valence-electron chi connectivity index (χ0n) is 14.2. The molecule has 132 valence electrons. The summed E-state index contributed by atoms with van der Waals surface area (Å²) < 4.78 is 26.4. The average Bonchev–Trinajstić information content (AvgIpc) is 2.54. The van der Waals surface area contributed by atoms with Gasteiger partial charge >= 0.3 is 0 Å². The summed E-state index contributed by atoms with van der Waals surface area (Å²) in [6.45, 7) is 7.54. The molecule has 0 unspecified atom stereocenters. The van der Waals surface area contributed by atoms with E-state index in [2.05, 4.69) is 9.62 Å². The first-order chi connectivity index (χ1) is 11.2. The Morgan fingerprint density at radius 1 is 1.04 bits per heavy atom. The third kappa shape index (κ3) is 4.25. The van der Waals surface area contributed by atoms with E-state index < -0.39 is 21.8 Å². The highest BCUT2D eigenvalue weighted by Gasteiger charge is 2.21. The zero-order chi connectivity index (χ0) is 17.9. The molecule has 1 saturated heterocycles. The van der Waals surface area contributed by atoms with Crippen LogP contribution in [0, 0.1) is 5.92 Å². The van der Waals surface area contributed by atoms with Crippen LogP contribution < -0.4 is 9.62 Å². The van der Waals surface area contributed by atoms with Crippen LogP contribution in [0.15, 0.2) is 29.2 Å². The number of amides is 2. The number of nitrogens with one attached hydrogen (secondary N) is 1. The van der Waals surface area contributed by atoms with Gasteiger partial charge in [-0.2, -0.15) is 0 Å². The van der Waals surface area contributed by atoms with E-state index in [1.165, 1.54) is 12.1 Å². The van der Waals surface area contributed by atoms with Gasteiger partial charge in [-0.25, -0.2) is 13.1 Å². The van der Waals surface area contributed by atoms with E-state index in [4.69, 9.17) is 0 Å². The Kier molecular flexibility index (Phi) is 5.48. The first-order valence-corrected chi connectivity index (χ1v) is 9.36. The molecule has 0 atom stereocenters. The second kappa shape index (κ2) is 7.21. The fourth-order valence-corrected chi connectivity index (χ4v) is 3.54. The lowest BCUT2D eigenvalue weighted by atomic mass is 10.2. The van der Waals surface area contributed by atoms with Gasteiger partial charge in [0.25, 0.3) is 10.0 Å². The highest BCUT2D eigenvalue weighted by Crippen LogP contribution is 2.19. The molecule has 1 heterocycles. The van der Waals surface area contributed by atoms with Crippen LogP contribution in [0.2, 0.25) is 0 Å². The molecule has 0 saturated carbocycles. The van der Waals surface area contributed by atoms with Gasteiger partial charge in [0.1, 0.15) is 0 Å². The summed E-state index contributed by atoms with van der Waals surface area (Å²) in [5.41, 5.74) is 0.896. The number of carbonyl (C=O) groups excluding carboxylic acids is 2. The maximum absolute atomic E-state index is 12.2. The van der Waals surface area contributed by atoms with Crippen LogP contribution in [0.1, 0.15) is 20.8 Å². The Labute approximate surface area is 142 Å². The van der Waals surface area contributed by atoms with Crippen LogP contribution in [0.5, 0.6) is 0 Å². The van der Waals surface area contributed by atoms with E-state index >= 15 is 0 Å². The second-order valence-electron chi connectivity index (χ2n) is 6.11. The van der Waals surface area contributed by atoms with Crippen molar-refractivity contribution in [3.05, 3.63) is 24.3 Å². The third-order valence-electron chi connectivity index (χ3n) is 4.00. The SMILES string of the molecule is CC(=O)N1CCN(c2ccc(S(=O)(=O)NC(=O)C(C)C)cc2)CC1. The predicted octanol–water partition coefficient (Wildman–Crippen LogP) is 0.816. The Balaban J connectivity index is 2.06. The molecule has 0 spiro atoms. The van der Waals surface area contributed by atoms with Crippen LogP contribution >= 0.6 is 0 Å². The lowest BCUT2D eigenvalue weighted by Gasteiger charge is -2.35. The van der Waals surface area contributed by atoms with Gasteiger partial charge in [-0.1, -0.05) is 13.8 Å². The number of rotatable bonds is 4. The van der Waals surface area contributed by atoms with Gasteiger partial charge in [-0.15, -0.1) is 0 Å². The molecule has 7 nitrogen and oxygen atoms in total. The lowest BCUT2D eigenvalue weighted by Crippen LogP contribution is -2.48. The van der Waals surface area contributed by atoms with Gasteiger partial charge in [0.15, 0.2) is 0 Å². The molecular weight excluding hydrogens is 330 g/mol. The Hall–Kier alpha value is -2.09. The molecule has 0 radical (unpaired) electrons. The van der Waals surface area contributed by atoms with Crippen molar-refractivity contribution in [2.45, 2.75) is 25.7 Å². The van der Waals surface area contributed by atoms with Crippen molar-refractivity contribution >= 4 is 27.5 Å². The molecule has 2 rings (SSSR count). The molecule has 24 heavy (non-hydrogen) atoms. The normalized spacial score (nSPS) is 15.5. The van der Waals surface area contributed by atoms with E-state index in [0.29, 0.717) is 26.2 Å². The van der Waals surface area contributed by atoms with E-state index in [1.54, 1.807) is 37.8 Å². The molecule has 1 fully saturated rings. The number of carbonyl (C=O) groups is 2. The maximum atomic E-state index is 12.2. The van der Waals surface area contributed by atoms with Crippen molar-refractivity contribution in [2.24, 2.45) is 5.92 Å². The van der Waals surface area contributed by atoms with Gasteiger partial charge in [0, 0.05) is 44.7 Å². The number of piperazine rings is 1. The number of anilines is 1. The number of nitrogens with zero attached hydrogens (tertiary/aromatic N) is 2. The summed E-state index contributed by atoms with van der Waals surface area (Å²) >= 11 is 0. The lowest BCUT2D eigenvalue weighted by molar-refractivity contribution is -0.129. The first kappa shape index (κ1) is 18.3. The van der Waals surface area contributed by atoms with E-state index in [0.717, 1.165) is 5.69 Å². The highest BCUT2D eigenvalue weighted by atomic mass is 32.2. The molecule has 0 aromatic heterocycles. The minimum Gasteiger partial charge on any atom is -0.368 e. The number of benzene rings is 1. The summed E-state index contributed by atoms with van der Waals surface area (Å²) in [6.07, 6.45) is 0. The van der Waals surface area contributed by atoms with Crippen molar-refractivity contribution in [3.8, 4) is 0 Å².